The van der Waals surface area contributed by atoms with E-state index in [1.807, 2.05) is 38.1 Å². The lowest BCUT2D eigenvalue weighted by Gasteiger charge is -2.47. The first-order valence-electron chi connectivity index (χ1n) is 20.5. The van der Waals surface area contributed by atoms with Crippen LogP contribution in [-0.2, 0) is 44.6 Å². The number of fused-ring (bicyclic) bond motifs is 1. The summed E-state index contributed by atoms with van der Waals surface area (Å²) in [6.45, 7) is 12.2. The zero-order chi connectivity index (χ0) is 44.5. The highest BCUT2D eigenvalue weighted by molar-refractivity contribution is 6.08. The van der Waals surface area contributed by atoms with Gasteiger partial charge in [-0.3, -0.25) is 14.5 Å². The Hall–Kier alpha value is -4.47. The van der Waals surface area contributed by atoms with E-state index in [4.69, 9.17) is 29.4 Å². The number of carbonyl (C=O) groups excluding carboxylic acids is 4. The van der Waals surface area contributed by atoms with Gasteiger partial charge in [0.1, 0.15) is 30.2 Å². The van der Waals surface area contributed by atoms with Crippen LogP contribution in [0.3, 0.4) is 0 Å². The van der Waals surface area contributed by atoms with Crippen molar-refractivity contribution in [3.05, 3.63) is 30.5 Å². The minimum atomic E-state index is -3.21. The van der Waals surface area contributed by atoms with E-state index in [9.17, 15) is 24.3 Å². The lowest BCUT2D eigenvalue weighted by atomic mass is 9.73. The Morgan fingerprint density at radius 2 is 1.75 bits per heavy atom. The highest BCUT2D eigenvalue weighted by Gasteiger charge is 2.61. The van der Waals surface area contributed by atoms with Gasteiger partial charge in [-0.1, -0.05) is 56.9 Å². The number of carbonyl (C=O) groups is 4. The third kappa shape index (κ3) is 9.23. The van der Waals surface area contributed by atoms with Crippen molar-refractivity contribution >= 4 is 29.3 Å². The number of Topliss-reactive ketones (excluding diaryl/α,β-unsaturated/α-hetero) is 2. The maximum absolute atomic E-state index is 16.9. The number of amides is 1. The minimum absolute atomic E-state index is 0.0391. The van der Waals surface area contributed by atoms with E-state index in [-0.39, 0.29) is 43.9 Å². The monoisotopic (exact) mass is 840 g/mol. The van der Waals surface area contributed by atoms with E-state index in [2.05, 4.69) is 22.2 Å². The Labute approximate surface area is 351 Å². The van der Waals surface area contributed by atoms with Crippen molar-refractivity contribution in [2.75, 3.05) is 33.5 Å². The number of cyclic esters (lactones) is 1. The Morgan fingerprint density at radius 3 is 2.38 bits per heavy atom. The van der Waals surface area contributed by atoms with Crippen molar-refractivity contribution in [3.63, 3.8) is 0 Å². The summed E-state index contributed by atoms with van der Waals surface area (Å²) in [5, 5.41) is 19.7. The number of alkyl halides is 1. The molecule has 330 valence electrons. The van der Waals surface area contributed by atoms with Gasteiger partial charge in [-0.15, -0.1) is 5.10 Å². The van der Waals surface area contributed by atoms with E-state index in [0.717, 1.165) is 12.5 Å². The number of hydrogen-bond donors (Lipinski definition) is 2. The number of ketones is 2. The smallest absolute Gasteiger partial charge is 0.411 e. The largest absolute Gasteiger partial charge is 0.455 e. The molecule has 3 N–H and O–H groups in total. The molecule has 13 atom stereocenters. The topological polar surface area (TPSA) is 198 Å². The van der Waals surface area contributed by atoms with Crippen LogP contribution < -0.4 is 5.73 Å². The van der Waals surface area contributed by atoms with Crippen molar-refractivity contribution in [3.8, 4) is 23.1 Å². The Morgan fingerprint density at radius 1 is 1.07 bits per heavy atom. The maximum atomic E-state index is 16.9. The number of nitrogen functional groups attached to an aromatic ring is 1. The Bertz CT molecular complexity index is 1970. The van der Waals surface area contributed by atoms with Crippen LogP contribution in [0, 0.1) is 29.6 Å². The lowest BCUT2D eigenvalue weighted by Crippen LogP contribution is -2.61. The summed E-state index contributed by atoms with van der Waals surface area (Å²) < 4.78 is 48.8. The number of aliphatic hydroxyl groups excluding tert-OH is 1. The maximum Gasteiger partial charge on any atom is 0.411 e. The van der Waals surface area contributed by atoms with Crippen LogP contribution in [0.4, 0.5) is 14.9 Å². The average Bonchev–Trinajstić information content (AvgIpc) is 3.78. The molecular formula is C43H61FN6O10. The molecule has 0 aliphatic carbocycles. The third-order valence-electron chi connectivity index (χ3n) is 12.5. The van der Waals surface area contributed by atoms with Crippen LogP contribution in [0.25, 0.3) is 11.3 Å². The number of aliphatic hydroxyl groups is 1. The van der Waals surface area contributed by atoms with Crippen molar-refractivity contribution in [1.29, 1.82) is 0 Å². The Balaban J connectivity index is 1.49. The molecule has 2 aromatic rings. The molecule has 0 bridgehead atoms. The number of nitrogens with zero attached hydrogens (tertiary/aromatic N) is 5. The number of likely N-dealkylation sites (N-methyl/N-ethyl adjacent to an activating group) is 1. The van der Waals surface area contributed by atoms with Crippen LogP contribution in [0.5, 0.6) is 0 Å². The van der Waals surface area contributed by atoms with Gasteiger partial charge in [0.2, 0.25) is 0 Å². The van der Waals surface area contributed by atoms with Gasteiger partial charge >= 0.3 is 12.1 Å². The molecule has 3 fully saturated rings. The van der Waals surface area contributed by atoms with Crippen molar-refractivity contribution in [2.24, 2.45) is 17.8 Å². The zero-order valence-electron chi connectivity index (χ0n) is 36.5. The van der Waals surface area contributed by atoms with E-state index >= 15 is 4.39 Å². The number of benzene rings is 1. The normalized spacial score (nSPS) is 36.9. The number of ether oxygens (including phenoxy) is 5. The molecule has 3 saturated heterocycles. The first-order valence-corrected chi connectivity index (χ1v) is 20.5. The Kier molecular flexibility index (Phi) is 14.2. The number of anilines is 1. The van der Waals surface area contributed by atoms with Gasteiger partial charge in [-0.05, 0) is 73.2 Å². The molecule has 0 radical (unpaired) electrons. The van der Waals surface area contributed by atoms with Gasteiger partial charge < -0.3 is 39.4 Å². The molecule has 0 spiro atoms. The van der Waals surface area contributed by atoms with Crippen LogP contribution in [0.15, 0.2) is 30.5 Å². The van der Waals surface area contributed by atoms with Crippen molar-refractivity contribution in [1.82, 2.24) is 24.8 Å². The highest BCUT2D eigenvalue weighted by Crippen LogP contribution is 2.43. The summed E-state index contributed by atoms with van der Waals surface area (Å²) in [6, 6.07) is 5.79. The second-order valence-electron chi connectivity index (χ2n) is 17.3. The fourth-order valence-electron chi connectivity index (χ4n) is 9.13. The quantitative estimate of drug-likeness (QED) is 0.168. The molecule has 1 aromatic carbocycles. The zero-order valence-corrected chi connectivity index (χ0v) is 36.5. The molecule has 4 heterocycles. The van der Waals surface area contributed by atoms with Gasteiger partial charge in [0.15, 0.2) is 17.7 Å². The van der Waals surface area contributed by atoms with Crippen LogP contribution in [0.2, 0.25) is 0 Å². The molecule has 3 aliphatic heterocycles. The standard InChI is InChI=1S/C43H61FN6O10/c1-12-32-43(8)35(50(40(55)60-43)19-14-13-18-49-23-30(46-47-49)28-16-15-17-29(45)21-28)26(4)33(51)24(2)22-41(6,56-11)37(27(5)36(53)42(7,44)39(54)58-32)59-38-34(52)31(48(9)10)20-25(3)57-38/h15-17,21,23-27,31-32,34-35,37-38,52H,12,18-20,22,45H2,1-11H3/t24-,25-,26+,27+,31?,32-,34?,35-,37-,38+,41-,42+,43-/m1/s1. The third-order valence-corrected chi connectivity index (χ3v) is 12.5. The molecule has 5 rings (SSSR count). The first kappa shape index (κ1) is 46.6. The first-order chi connectivity index (χ1) is 28.1. The molecule has 60 heavy (non-hydrogen) atoms. The second-order valence-corrected chi connectivity index (χ2v) is 17.3. The summed E-state index contributed by atoms with van der Waals surface area (Å²) in [7, 11) is 5.01. The highest BCUT2D eigenvalue weighted by atomic mass is 19.1. The average molecular weight is 841 g/mol. The summed E-state index contributed by atoms with van der Waals surface area (Å²) in [5.74, 6) is -0.0856. The number of aromatic nitrogens is 3. The van der Waals surface area contributed by atoms with E-state index in [1.54, 1.807) is 52.9 Å². The second kappa shape index (κ2) is 18.3. The number of methoxy groups -OCH3 is 1. The molecule has 3 aliphatic rings. The fraction of sp³-hybridized carbons (Fsp3) is 0.674. The van der Waals surface area contributed by atoms with Crippen LogP contribution in [-0.4, -0.2) is 141 Å². The molecule has 16 nitrogen and oxygen atoms in total. The molecule has 1 aromatic heterocycles. The van der Waals surface area contributed by atoms with Gasteiger partial charge in [0.05, 0.1) is 36.6 Å². The van der Waals surface area contributed by atoms with Gasteiger partial charge in [-0.25, -0.2) is 18.7 Å². The number of nitrogens with two attached hydrogens (primary N) is 1. The molecule has 17 heteroatoms. The van der Waals surface area contributed by atoms with Crippen molar-refractivity contribution in [2.45, 2.75) is 141 Å². The molecule has 2 unspecified atom stereocenters. The fourth-order valence-corrected chi connectivity index (χ4v) is 9.13. The summed E-state index contributed by atoms with van der Waals surface area (Å²) in [4.78, 5) is 59.8. The predicted octanol–water partition coefficient (Wildman–Crippen LogP) is 3.83. The SMILES string of the molecule is CC[C@H]1OC(=O)[C@@](C)(F)C(=O)[C@H](C)[C@@H](O[C@@H]2O[C@H](C)CC(N(C)C)C2O)[C@](C)(OC)C[C@@H](C)C(=O)[C@H](C)[C@H]2N(CC#CCn3cc(-c4cccc(N)c4)nn3)C(=O)O[C@]12C. The summed E-state index contributed by atoms with van der Waals surface area (Å²) >= 11 is 0. The molecule has 1 amide bonds. The van der Waals surface area contributed by atoms with E-state index in [0.29, 0.717) is 17.8 Å². The molecular weight excluding hydrogens is 780 g/mol. The number of hydrogen-bond acceptors (Lipinski definition) is 14. The van der Waals surface area contributed by atoms with Crippen LogP contribution >= 0.6 is 0 Å². The van der Waals surface area contributed by atoms with Gasteiger partial charge in [0, 0.05) is 42.2 Å². The lowest BCUT2D eigenvalue weighted by molar-refractivity contribution is -0.295. The summed E-state index contributed by atoms with van der Waals surface area (Å²) in [6.07, 6.45) is -4.02. The number of halogens is 1. The van der Waals surface area contributed by atoms with Crippen molar-refractivity contribution < 1.29 is 52.4 Å². The number of rotatable bonds is 8. The van der Waals surface area contributed by atoms with E-state index < -0.39 is 83.1 Å². The predicted molar refractivity (Wildman–Crippen MR) is 218 cm³/mol. The van der Waals surface area contributed by atoms with E-state index in [1.165, 1.54) is 23.6 Å². The van der Waals surface area contributed by atoms with Gasteiger partial charge in [-0.2, -0.15) is 0 Å². The summed E-state index contributed by atoms with van der Waals surface area (Å²) in [5.41, 5.74) is 1.52. The van der Waals surface area contributed by atoms with Crippen LogP contribution in [0.1, 0.15) is 74.7 Å². The van der Waals surface area contributed by atoms with Gasteiger partial charge in [0.25, 0.3) is 5.67 Å². The minimum Gasteiger partial charge on any atom is -0.455 e. The number of esters is 1. The molecule has 0 saturated carbocycles.